The largest absolute Gasteiger partial charge is 0.504 e. The molecular formula is C18H18N4O3. The van der Waals surface area contributed by atoms with Crippen molar-refractivity contribution < 1.29 is 14.6 Å². The maximum absolute atomic E-state index is 12.1. The summed E-state index contributed by atoms with van der Waals surface area (Å²) in [6.07, 6.45) is 1.57. The zero-order valence-corrected chi connectivity index (χ0v) is 13.9. The number of imidazole rings is 1. The highest BCUT2D eigenvalue weighted by Gasteiger charge is 2.11. The second kappa shape index (κ2) is 7.04. The second-order valence-corrected chi connectivity index (χ2v) is 5.48. The monoisotopic (exact) mass is 338 g/mol. The molecule has 0 saturated carbocycles. The van der Waals surface area contributed by atoms with Crippen LogP contribution in [-0.2, 0) is 18.3 Å². The average molecular weight is 338 g/mol. The van der Waals surface area contributed by atoms with Crippen LogP contribution in [0.2, 0.25) is 0 Å². The number of nitrogens with one attached hydrogen (secondary N) is 1. The molecule has 128 valence electrons. The van der Waals surface area contributed by atoms with Gasteiger partial charge in [0.1, 0.15) is 5.82 Å². The lowest BCUT2D eigenvalue weighted by Gasteiger charge is -2.03. The Morgan fingerprint density at radius 2 is 2.16 bits per heavy atom. The van der Waals surface area contributed by atoms with Crippen LogP contribution in [0.15, 0.2) is 47.6 Å². The highest BCUT2D eigenvalue weighted by atomic mass is 16.5. The molecule has 0 saturated heterocycles. The summed E-state index contributed by atoms with van der Waals surface area (Å²) in [6.45, 7) is 0. The Kier molecular flexibility index (Phi) is 4.65. The van der Waals surface area contributed by atoms with Gasteiger partial charge in [0.05, 0.1) is 30.8 Å². The van der Waals surface area contributed by atoms with Crippen molar-refractivity contribution in [3.63, 3.8) is 0 Å². The van der Waals surface area contributed by atoms with Gasteiger partial charge in [0.15, 0.2) is 11.5 Å². The summed E-state index contributed by atoms with van der Waals surface area (Å²) < 4.78 is 6.86. The third kappa shape index (κ3) is 3.60. The van der Waals surface area contributed by atoms with E-state index in [2.05, 4.69) is 15.5 Å². The van der Waals surface area contributed by atoms with Gasteiger partial charge in [-0.3, -0.25) is 4.79 Å². The minimum absolute atomic E-state index is 0.0116. The van der Waals surface area contributed by atoms with Gasteiger partial charge in [0, 0.05) is 7.05 Å². The van der Waals surface area contributed by atoms with Crippen molar-refractivity contribution in [1.82, 2.24) is 15.0 Å². The summed E-state index contributed by atoms with van der Waals surface area (Å²) in [5.41, 5.74) is 4.93. The van der Waals surface area contributed by atoms with E-state index in [0.717, 1.165) is 11.0 Å². The van der Waals surface area contributed by atoms with Gasteiger partial charge < -0.3 is 14.4 Å². The highest BCUT2D eigenvalue weighted by Crippen LogP contribution is 2.25. The lowest BCUT2D eigenvalue weighted by Crippen LogP contribution is -2.21. The molecule has 0 unspecified atom stereocenters. The van der Waals surface area contributed by atoms with Crippen molar-refractivity contribution in [2.75, 3.05) is 7.11 Å². The predicted octanol–water partition coefficient (Wildman–Crippen LogP) is 1.98. The molecule has 0 radical (unpaired) electrons. The molecule has 25 heavy (non-hydrogen) atoms. The Morgan fingerprint density at radius 3 is 2.88 bits per heavy atom. The van der Waals surface area contributed by atoms with E-state index in [1.807, 2.05) is 35.9 Å². The van der Waals surface area contributed by atoms with E-state index in [1.165, 1.54) is 19.4 Å². The summed E-state index contributed by atoms with van der Waals surface area (Å²) in [6, 6.07) is 12.6. The van der Waals surface area contributed by atoms with E-state index in [4.69, 9.17) is 4.74 Å². The quantitative estimate of drug-likeness (QED) is 0.550. The number of phenolic OH excluding ortho intramolecular Hbond substituents is 1. The van der Waals surface area contributed by atoms with E-state index >= 15 is 0 Å². The average Bonchev–Trinajstić information content (AvgIpc) is 2.91. The van der Waals surface area contributed by atoms with Crippen LogP contribution in [0.5, 0.6) is 11.5 Å². The van der Waals surface area contributed by atoms with Gasteiger partial charge in [-0.25, -0.2) is 10.4 Å². The Bertz CT molecular complexity index is 947. The molecule has 0 aliphatic carbocycles. The Morgan fingerprint density at radius 1 is 1.36 bits per heavy atom. The summed E-state index contributed by atoms with van der Waals surface area (Å²) in [7, 11) is 3.35. The second-order valence-electron chi connectivity index (χ2n) is 5.48. The lowest BCUT2D eigenvalue weighted by atomic mass is 10.2. The fourth-order valence-corrected chi connectivity index (χ4v) is 2.50. The molecule has 1 heterocycles. The Hall–Kier alpha value is -3.35. The first-order chi connectivity index (χ1) is 12.1. The molecular weight excluding hydrogens is 320 g/mol. The number of fused-ring (bicyclic) bond motifs is 1. The van der Waals surface area contributed by atoms with Gasteiger partial charge in [-0.15, -0.1) is 0 Å². The first kappa shape index (κ1) is 16.5. The van der Waals surface area contributed by atoms with Crippen molar-refractivity contribution in [3.8, 4) is 11.5 Å². The molecule has 0 aliphatic heterocycles. The highest BCUT2D eigenvalue weighted by molar-refractivity contribution is 5.84. The van der Waals surface area contributed by atoms with Gasteiger partial charge >= 0.3 is 0 Å². The number of rotatable bonds is 5. The fourth-order valence-electron chi connectivity index (χ4n) is 2.50. The minimum atomic E-state index is -0.271. The summed E-state index contributed by atoms with van der Waals surface area (Å²) >= 11 is 0. The number of carbonyl (C=O) groups is 1. The van der Waals surface area contributed by atoms with Crippen LogP contribution in [0.3, 0.4) is 0 Å². The molecule has 3 aromatic rings. The zero-order chi connectivity index (χ0) is 17.8. The SMILES string of the molecule is COc1ccc(/C=N/NC(=O)Cc2nc3ccccc3n2C)cc1O. The van der Waals surface area contributed by atoms with Crippen LogP contribution in [-0.4, -0.2) is 33.9 Å². The molecule has 0 spiro atoms. The van der Waals surface area contributed by atoms with Crippen molar-refractivity contribution >= 4 is 23.2 Å². The number of benzene rings is 2. The number of hydrogen-bond acceptors (Lipinski definition) is 5. The third-order valence-corrected chi connectivity index (χ3v) is 3.80. The lowest BCUT2D eigenvalue weighted by molar-refractivity contribution is -0.120. The minimum Gasteiger partial charge on any atom is -0.504 e. The number of aromatic nitrogens is 2. The van der Waals surface area contributed by atoms with Crippen molar-refractivity contribution in [2.24, 2.45) is 12.1 Å². The molecule has 0 atom stereocenters. The zero-order valence-electron chi connectivity index (χ0n) is 13.9. The molecule has 1 amide bonds. The van der Waals surface area contributed by atoms with Crippen LogP contribution in [0, 0.1) is 0 Å². The maximum Gasteiger partial charge on any atom is 0.247 e. The summed E-state index contributed by atoms with van der Waals surface area (Å²) in [5, 5.41) is 13.6. The van der Waals surface area contributed by atoms with Crippen molar-refractivity contribution in [3.05, 3.63) is 53.9 Å². The molecule has 0 fully saturated rings. The van der Waals surface area contributed by atoms with Gasteiger partial charge in [-0.2, -0.15) is 5.10 Å². The number of methoxy groups -OCH3 is 1. The first-order valence-electron chi connectivity index (χ1n) is 7.67. The number of ether oxygens (including phenoxy) is 1. The van der Waals surface area contributed by atoms with Gasteiger partial charge in [0.2, 0.25) is 5.91 Å². The van der Waals surface area contributed by atoms with Crippen LogP contribution in [0.25, 0.3) is 11.0 Å². The van der Waals surface area contributed by atoms with Gasteiger partial charge in [0.25, 0.3) is 0 Å². The molecule has 3 rings (SSSR count). The number of para-hydroxylation sites is 2. The van der Waals surface area contributed by atoms with Crippen molar-refractivity contribution in [1.29, 1.82) is 0 Å². The van der Waals surface area contributed by atoms with Crippen LogP contribution in [0.1, 0.15) is 11.4 Å². The number of aromatic hydroxyl groups is 1. The standard InChI is InChI=1S/C18H18N4O3/c1-22-14-6-4-3-5-13(14)20-17(22)10-18(24)21-19-11-12-7-8-16(25-2)15(23)9-12/h3-9,11,23H,10H2,1-2H3,(H,21,24)/b19-11+. The van der Waals surface area contributed by atoms with E-state index < -0.39 is 0 Å². The molecule has 0 bridgehead atoms. The Balaban J connectivity index is 1.64. The smallest absolute Gasteiger partial charge is 0.247 e. The molecule has 1 aromatic heterocycles. The van der Waals surface area contributed by atoms with E-state index in [-0.39, 0.29) is 18.1 Å². The van der Waals surface area contributed by atoms with Crippen LogP contribution in [0.4, 0.5) is 0 Å². The van der Waals surface area contributed by atoms with E-state index in [0.29, 0.717) is 17.1 Å². The summed E-state index contributed by atoms with van der Waals surface area (Å²) in [5.74, 6) is 0.781. The van der Waals surface area contributed by atoms with Crippen LogP contribution >= 0.6 is 0 Å². The first-order valence-corrected chi connectivity index (χ1v) is 7.67. The van der Waals surface area contributed by atoms with Gasteiger partial charge in [-0.05, 0) is 35.9 Å². The van der Waals surface area contributed by atoms with Crippen molar-refractivity contribution in [2.45, 2.75) is 6.42 Å². The predicted molar refractivity (Wildman–Crippen MR) is 94.8 cm³/mol. The topological polar surface area (TPSA) is 88.7 Å². The Labute approximate surface area is 144 Å². The number of aryl methyl sites for hydroxylation is 1. The summed E-state index contributed by atoms with van der Waals surface area (Å²) in [4.78, 5) is 16.5. The normalized spacial score (nSPS) is 11.1. The molecule has 7 heteroatoms. The number of phenols is 1. The van der Waals surface area contributed by atoms with Gasteiger partial charge in [-0.1, -0.05) is 12.1 Å². The number of hydrazone groups is 1. The molecule has 7 nitrogen and oxygen atoms in total. The third-order valence-electron chi connectivity index (χ3n) is 3.80. The maximum atomic E-state index is 12.1. The molecule has 2 N–H and O–H groups in total. The fraction of sp³-hybridized carbons (Fsp3) is 0.167. The molecule has 2 aromatic carbocycles. The number of nitrogens with zero attached hydrogens (tertiary/aromatic N) is 3. The van der Waals surface area contributed by atoms with E-state index in [1.54, 1.807) is 12.1 Å². The number of hydrogen-bond donors (Lipinski definition) is 2. The molecule has 0 aliphatic rings. The number of amides is 1. The van der Waals surface area contributed by atoms with Crippen LogP contribution < -0.4 is 10.2 Å². The van der Waals surface area contributed by atoms with E-state index in [9.17, 15) is 9.90 Å². The number of carbonyl (C=O) groups excluding carboxylic acids is 1.